The van der Waals surface area contributed by atoms with Crippen LogP contribution in [0.2, 0.25) is 0 Å². The van der Waals surface area contributed by atoms with Crippen molar-refractivity contribution >= 4 is 5.69 Å². The lowest BCUT2D eigenvalue weighted by Crippen LogP contribution is -2.11. The van der Waals surface area contributed by atoms with E-state index in [-0.39, 0.29) is 7.43 Å². The molecule has 1 nitrogen and oxygen atoms in total. The number of nitrogens with one attached hydrogen (secondary N) is 1. The van der Waals surface area contributed by atoms with E-state index in [4.69, 9.17) is 0 Å². The third-order valence-corrected chi connectivity index (χ3v) is 2.20. The Morgan fingerprint density at radius 3 is 3.00 bits per heavy atom. The molecule has 1 N–H and O–H groups in total. The van der Waals surface area contributed by atoms with Gasteiger partial charge in [-0.2, -0.15) is 0 Å². The second-order valence-electron chi connectivity index (χ2n) is 3.19. The van der Waals surface area contributed by atoms with Crippen LogP contribution in [-0.4, -0.2) is 6.54 Å². The smallest absolute Gasteiger partial charge is 0.0372 e. The lowest BCUT2D eigenvalue weighted by atomic mass is 10.0. The Morgan fingerprint density at radius 2 is 2.17 bits per heavy atom. The Balaban J connectivity index is 0.000000720. The highest BCUT2D eigenvalue weighted by Gasteiger charge is 2.06. The van der Waals surface area contributed by atoms with Gasteiger partial charge in [-0.15, -0.1) is 0 Å². The molecule has 1 aromatic rings. The second-order valence-corrected chi connectivity index (χ2v) is 3.19. The second kappa shape index (κ2) is 3.61. The summed E-state index contributed by atoms with van der Waals surface area (Å²) in [5, 5.41) is 3.39. The van der Waals surface area contributed by atoms with E-state index in [9.17, 15) is 0 Å². The normalized spacial score (nSPS) is 14.1. The van der Waals surface area contributed by atoms with Gasteiger partial charge in [-0.1, -0.05) is 25.1 Å². The summed E-state index contributed by atoms with van der Waals surface area (Å²) in [6, 6.07) is 6.63. The fourth-order valence-electron chi connectivity index (χ4n) is 1.60. The summed E-state index contributed by atoms with van der Waals surface area (Å²) < 4.78 is 0. The molecule has 2 rings (SSSR count). The van der Waals surface area contributed by atoms with Crippen molar-refractivity contribution in [2.45, 2.75) is 27.2 Å². The zero-order valence-electron chi connectivity index (χ0n) is 6.85. The quantitative estimate of drug-likeness (QED) is 0.620. The molecule has 0 saturated carbocycles. The maximum Gasteiger partial charge on any atom is 0.0372 e. The summed E-state index contributed by atoms with van der Waals surface area (Å²) in [6.45, 7) is 3.28. The average molecular weight is 163 g/mol. The largest absolute Gasteiger partial charge is 0.385 e. The average Bonchev–Trinajstić information content (AvgIpc) is 2.04. The first-order valence-corrected chi connectivity index (χ1v) is 4.20. The highest BCUT2D eigenvalue weighted by molar-refractivity contribution is 5.54. The molecule has 0 bridgehead atoms. The SMILES string of the molecule is C.Cc1ccc2c(c1)CCCN2. The molecule has 1 aliphatic heterocycles. The zero-order chi connectivity index (χ0) is 7.68. The van der Waals surface area contributed by atoms with E-state index < -0.39 is 0 Å². The Morgan fingerprint density at radius 1 is 1.33 bits per heavy atom. The molecule has 0 atom stereocenters. The first-order chi connectivity index (χ1) is 5.36. The molecule has 0 unspecified atom stereocenters. The number of hydrogen-bond donors (Lipinski definition) is 1. The monoisotopic (exact) mass is 163 g/mol. The van der Waals surface area contributed by atoms with Crippen molar-refractivity contribution in [1.82, 2.24) is 0 Å². The lowest BCUT2D eigenvalue weighted by Gasteiger charge is -2.17. The first-order valence-electron chi connectivity index (χ1n) is 4.20. The molecule has 1 heteroatoms. The molecule has 0 amide bonds. The zero-order valence-corrected chi connectivity index (χ0v) is 6.85. The summed E-state index contributed by atoms with van der Waals surface area (Å²) in [6.07, 6.45) is 2.51. The third-order valence-electron chi connectivity index (χ3n) is 2.20. The molecule has 1 heterocycles. The van der Waals surface area contributed by atoms with Gasteiger partial charge in [0.2, 0.25) is 0 Å². The van der Waals surface area contributed by atoms with Crippen LogP contribution < -0.4 is 5.32 Å². The number of hydrogen-bond acceptors (Lipinski definition) is 1. The number of fused-ring (bicyclic) bond motifs is 1. The van der Waals surface area contributed by atoms with Crippen LogP contribution in [0.5, 0.6) is 0 Å². The topological polar surface area (TPSA) is 12.0 Å². The molecule has 0 fully saturated rings. The Bertz CT molecular complexity index is 266. The van der Waals surface area contributed by atoms with E-state index in [1.54, 1.807) is 0 Å². The van der Waals surface area contributed by atoms with Crippen molar-refractivity contribution in [2.24, 2.45) is 0 Å². The van der Waals surface area contributed by atoms with Crippen molar-refractivity contribution in [3.63, 3.8) is 0 Å². The molecule has 1 aromatic carbocycles. The van der Waals surface area contributed by atoms with Gasteiger partial charge in [0, 0.05) is 12.2 Å². The van der Waals surface area contributed by atoms with Gasteiger partial charge in [0.1, 0.15) is 0 Å². The van der Waals surface area contributed by atoms with E-state index in [0.717, 1.165) is 6.54 Å². The number of aryl methyl sites for hydroxylation is 2. The third kappa shape index (κ3) is 1.60. The maximum absolute atomic E-state index is 3.39. The molecular formula is C11H17N. The predicted molar refractivity (Wildman–Crippen MR) is 54.7 cm³/mol. The standard InChI is InChI=1S/C10H13N.CH4/c1-8-4-5-10-9(7-8)3-2-6-11-10;/h4-5,7,11H,2-3,6H2,1H3;1H4. The molecule has 0 saturated heterocycles. The summed E-state index contributed by atoms with van der Waals surface area (Å²) in [7, 11) is 0. The van der Waals surface area contributed by atoms with Crippen LogP contribution in [0.25, 0.3) is 0 Å². The highest BCUT2D eigenvalue weighted by Crippen LogP contribution is 2.22. The fourth-order valence-corrected chi connectivity index (χ4v) is 1.60. The van der Waals surface area contributed by atoms with Gasteiger partial charge in [0.05, 0.1) is 0 Å². The molecular weight excluding hydrogens is 146 g/mol. The lowest BCUT2D eigenvalue weighted by molar-refractivity contribution is 0.829. The molecule has 0 aliphatic carbocycles. The van der Waals surface area contributed by atoms with Crippen LogP contribution in [0.3, 0.4) is 0 Å². The predicted octanol–water partition coefficient (Wildman–Crippen LogP) is 2.99. The number of anilines is 1. The van der Waals surface area contributed by atoms with Crippen LogP contribution in [0, 0.1) is 6.92 Å². The Kier molecular flexibility index (Phi) is 2.74. The minimum atomic E-state index is 0. The minimum absolute atomic E-state index is 0. The molecule has 0 aromatic heterocycles. The van der Waals surface area contributed by atoms with E-state index in [1.165, 1.54) is 29.7 Å². The van der Waals surface area contributed by atoms with E-state index in [1.807, 2.05) is 0 Å². The van der Waals surface area contributed by atoms with Gasteiger partial charge in [0.15, 0.2) is 0 Å². The Labute approximate surface area is 74.8 Å². The highest BCUT2D eigenvalue weighted by atomic mass is 14.9. The van der Waals surface area contributed by atoms with Gasteiger partial charge < -0.3 is 5.32 Å². The van der Waals surface area contributed by atoms with Gasteiger partial charge >= 0.3 is 0 Å². The van der Waals surface area contributed by atoms with Crippen LogP contribution in [0.15, 0.2) is 18.2 Å². The summed E-state index contributed by atoms with van der Waals surface area (Å²) in [4.78, 5) is 0. The van der Waals surface area contributed by atoms with Gasteiger partial charge in [-0.3, -0.25) is 0 Å². The molecule has 0 radical (unpaired) electrons. The number of rotatable bonds is 0. The summed E-state index contributed by atoms with van der Waals surface area (Å²) in [5.41, 5.74) is 4.19. The Hall–Kier alpha value is -0.980. The van der Waals surface area contributed by atoms with Crippen molar-refractivity contribution in [3.05, 3.63) is 29.3 Å². The minimum Gasteiger partial charge on any atom is -0.385 e. The van der Waals surface area contributed by atoms with E-state index in [0.29, 0.717) is 0 Å². The van der Waals surface area contributed by atoms with Crippen LogP contribution in [-0.2, 0) is 6.42 Å². The van der Waals surface area contributed by atoms with Crippen molar-refractivity contribution in [1.29, 1.82) is 0 Å². The van der Waals surface area contributed by atoms with Crippen LogP contribution in [0.4, 0.5) is 5.69 Å². The van der Waals surface area contributed by atoms with Crippen molar-refractivity contribution in [2.75, 3.05) is 11.9 Å². The summed E-state index contributed by atoms with van der Waals surface area (Å²) in [5.74, 6) is 0. The molecule has 12 heavy (non-hydrogen) atoms. The van der Waals surface area contributed by atoms with Crippen LogP contribution in [0.1, 0.15) is 25.0 Å². The van der Waals surface area contributed by atoms with Crippen LogP contribution >= 0.6 is 0 Å². The van der Waals surface area contributed by atoms with Gasteiger partial charge in [0.25, 0.3) is 0 Å². The van der Waals surface area contributed by atoms with E-state index in [2.05, 4.69) is 30.4 Å². The molecule has 1 aliphatic rings. The summed E-state index contributed by atoms with van der Waals surface area (Å²) >= 11 is 0. The molecule has 66 valence electrons. The first kappa shape index (κ1) is 9.11. The van der Waals surface area contributed by atoms with Gasteiger partial charge in [-0.05, 0) is 31.4 Å². The van der Waals surface area contributed by atoms with Gasteiger partial charge in [-0.25, -0.2) is 0 Å². The van der Waals surface area contributed by atoms with E-state index >= 15 is 0 Å². The molecule has 0 spiro atoms. The van der Waals surface area contributed by atoms with Crippen molar-refractivity contribution in [3.8, 4) is 0 Å². The maximum atomic E-state index is 3.39. The number of benzene rings is 1. The fraction of sp³-hybridized carbons (Fsp3) is 0.455. The van der Waals surface area contributed by atoms with Crippen molar-refractivity contribution < 1.29 is 0 Å².